The molecule has 23 heavy (non-hydrogen) atoms. The Balaban J connectivity index is 0.00000484. The molecule has 0 unspecified atom stereocenters. The third-order valence-corrected chi connectivity index (χ3v) is 4.22. The van der Waals surface area contributed by atoms with Crippen molar-refractivity contribution in [1.29, 1.82) is 0 Å². The fourth-order valence-corrected chi connectivity index (χ4v) is 2.87. The second-order valence-corrected chi connectivity index (χ2v) is 6.01. The van der Waals surface area contributed by atoms with Crippen LogP contribution >= 0.6 is 24.0 Å². The van der Waals surface area contributed by atoms with Crippen LogP contribution < -0.4 is 10.6 Å². The third kappa shape index (κ3) is 11.2. The van der Waals surface area contributed by atoms with E-state index < -0.39 is 0 Å². The van der Waals surface area contributed by atoms with Crippen molar-refractivity contribution in [2.24, 2.45) is 4.99 Å². The number of hydrogen-bond donors (Lipinski definition) is 2. The van der Waals surface area contributed by atoms with Gasteiger partial charge in [-0.25, -0.2) is 0 Å². The van der Waals surface area contributed by atoms with Crippen LogP contribution in [0.1, 0.15) is 52.4 Å². The van der Waals surface area contributed by atoms with E-state index in [0.717, 1.165) is 64.2 Å². The zero-order valence-corrected chi connectivity index (χ0v) is 17.6. The number of ether oxygens (including phenoxy) is 1. The van der Waals surface area contributed by atoms with Crippen molar-refractivity contribution in [3.05, 3.63) is 0 Å². The molecule has 0 amide bonds. The number of aliphatic imine (C=N–C) groups is 1. The highest BCUT2D eigenvalue weighted by molar-refractivity contribution is 14.0. The molecule has 0 aliphatic heterocycles. The van der Waals surface area contributed by atoms with Gasteiger partial charge in [0.05, 0.1) is 0 Å². The lowest BCUT2D eigenvalue weighted by Crippen LogP contribution is -2.42. The Bertz CT molecular complexity index is 296. The summed E-state index contributed by atoms with van der Waals surface area (Å²) in [7, 11) is 2.25. The van der Waals surface area contributed by atoms with E-state index in [1.807, 2.05) is 6.92 Å². The molecule has 0 saturated heterocycles. The van der Waals surface area contributed by atoms with Gasteiger partial charge in [0, 0.05) is 45.4 Å². The van der Waals surface area contributed by atoms with Crippen LogP contribution in [-0.4, -0.2) is 63.3 Å². The predicted molar refractivity (Wildman–Crippen MR) is 110 cm³/mol. The van der Waals surface area contributed by atoms with Crippen molar-refractivity contribution in [1.82, 2.24) is 15.5 Å². The van der Waals surface area contributed by atoms with Gasteiger partial charge >= 0.3 is 0 Å². The van der Waals surface area contributed by atoms with Crippen molar-refractivity contribution in [3.8, 4) is 0 Å². The number of hydrogen-bond acceptors (Lipinski definition) is 3. The molecule has 0 aromatic heterocycles. The van der Waals surface area contributed by atoms with Crippen molar-refractivity contribution in [2.45, 2.75) is 58.4 Å². The molecule has 0 heterocycles. The first-order valence-electron chi connectivity index (χ1n) is 9.08. The summed E-state index contributed by atoms with van der Waals surface area (Å²) in [5.41, 5.74) is 0. The van der Waals surface area contributed by atoms with E-state index in [4.69, 9.17) is 4.74 Å². The molecule has 0 aromatic rings. The van der Waals surface area contributed by atoms with E-state index in [1.54, 1.807) is 0 Å². The Morgan fingerprint density at radius 2 is 1.91 bits per heavy atom. The molecule has 1 fully saturated rings. The Kier molecular flexibility index (Phi) is 15.4. The van der Waals surface area contributed by atoms with E-state index in [-0.39, 0.29) is 24.0 Å². The van der Waals surface area contributed by atoms with Crippen LogP contribution in [0, 0.1) is 0 Å². The van der Waals surface area contributed by atoms with Crippen LogP contribution in [-0.2, 0) is 4.74 Å². The van der Waals surface area contributed by atoms with Gasteiger partial charge < -0.3 is 20.3 Å². The van der Waals surface area contributed by atoms with E-state index in [9.17, 15) is 0 Å². The zero-order chi connectivity index (χ0) is 16.0. The standard InChI is InChI=1S/C17H36N4O.HI/c1-4-18-17(19-12-8-9-15-22-5-2)20-13-14-21(3)16-10-6-7-11-16;/h16H,4-15H2,1-3H3,(H2,18,19,20);1H. The first-order valence-corrected chi connectivity index (χ1v) is 9.08. The lowest BCUT2D eigenvalue weighted by molar-refractivity contribution is 0.144. The van der Waals surface area contributed by atoms with Gasteiger partial charge in [0.2, 0.25) is 0 Å². The number of rotatable bonds is 11. The highest BCUT2D eigenvalue weighted by Gasteiger charge is 2.18. The third-order valence-electron chi connectivity index (χ3n) is 4.22. The maximum absolute atomic E-state index is 5.34. The molecule has 0 atom stereocenters. The number of halogens is 1. The molecular weight excluding hydrogens is 403 g/mol. The summed E-state index contributed by atoms with van der Waals surface area (Å²) in [5.74, 6) is 0.943. The van der Waals surface area contributed by atoms with Crippen molar-refractivity contribution < 1.29 is 4.74 Å². The van der Waals surface area contributed by atoms with Crippen LogP contribution in [0.15, 0.2) is 4.99 Å². The second kappa shape index (κ2) is 15.4. The minimum Gasteiger partial charge on any atom is -0.382 e. The second-order valence-electron chi connectivity index (χ2n) is 6.01. The molecule has 0 spiro atoms. The molecule has 0 bridgehead atoms. The van der Waals surface area contributed by atoms with Crippen LogP contribution in [0.2, 0.25) is 0 Å². The highest BCUT2D eigenvalue weighted by Crippen LogP contribution is 2.21. The number of likely N-dealkylation sites (N-methyl/N-ethyl adjacent to an activating group) is 1. The topological polar surface area (TPSA) is 48.9 Å². The Labute approximate surface area is 160 Å². The molecule has 1 rings (SSSR count). The van der Waals surface area contributed by atoms with E-state index in [1.165, 1.54) is 25.7 Å². The molecule has 0 aromatic carbocycles. The molecule has 1 aliphatic carbocycles. The summed E-state index contributed by atoms with van der Waals surface area (Å²) < 4.78 is 5.34. The van der Waals surface area contributed by atoms with Gasteiger partial charge in [0.25, 0.3) is 0 Å². The maximum atomic E-state index is 5.34. The fourth-order valence-electron chi connectivity index (χ4n) is 2.87. The van der Waals surface area contributed by atoms with Gasteiger partial charge in [-0.3, -0.25) is 4.99 Å². The fraction of sp³-hybridized carbons (Fsp3) is 0.941. The molecule has 138 valence electrons. The summed E-state index contributed by atoms with van der Waals surface area (Å²) in [6.45, 7) is 9.61. The van der Waals surface area contributed by atoms with Gasteiger partial charge in [0.1, 0.15) is 0 Å². The van der Waals surface area contributed by atoms with Crippen molar-refractivity contribution >= 4 is 29.9 Å². The lowest BCUT2D eigenvalue weighted by Gasteiger charge is -2.24. The Morgan fingerprint density at radius 1 is 1.17 bits per heavy atom. The first kappa shape index (κ1) is 22.9. The summed E-state index contributed by atoms with van der Waals surface area (Å²) in [6, 6.07) is 0.792. The molecule has 1 aliphatic rings. The van der Waals surface area contributed by atoms with Crippen molar-refractivity contribution in [3.63, 3.8) is 0 Å². The normalized spacial score (nSPS) is 15.7. The van der Waals surface area contributed by atoms with Gasteiger partial charge in [0.15, 0.2) is 5.96 Å². The molecule has 2 N–H and O–H groups in total. The minimum absolute atomic E-state index is 0. The highest BCUT2D eigenvalue weighted by atomic mass is 127. The SMILES string of the molecule is CCNC(=NCCCCOCC)NCCN(C)C1CCCC1.I. The van der Waals surface area contributed by atoms with Crippen LogP contribution in [0.4, 0.5) is 0 Å². The summed E-state index contributed by atoms with van der Waals surface area (Å²) in [5, 5.41) is 6.76. The van der Waals surface area contributed by atoms with Gasteiger partial charge in [-0.1, -0.05) is 12.8 Å². The summed E-state index contributed by atoms with van der Waals surface area (Å²) in [4.78, 5) is 7.12. The average molecular weight is 440 g/mol. The smallest absolute Gasteiger partial charge is 0.191 e. The lowest BCUT2D eigenvalue weighted by atomic mass is 10.2. The Hall–Kier alpha value is -0.0800. The first-order chi connectivity index (χ1) is 10.8. The molecule has 6 heteroatoms. The molecule has 5 nitrogen and oxygen atoms in total. The number of nitrogens with one attached hydrogen (secondary N) is 2. The average Bonchev–Trinajstić information content (AvgIpc) is 3.05. The van der Waals surface area contributed by atoms with Gasteiger partial charge in [-0.05, 0) is 46.6 Å². The zero-order valence-electron chi connectivity index (χ0n) is 15.3. The summed E-state index contributed by atoms with van der Waals surface area (Å²) in [6.07, 6.45) is 7.69. The minimum atomic E-state index is 0. The van der Waals surface area contributed by atoms with Crippen LogP contribution in [0.3, 0.4) is 0 Å². The van der Waals surface area contributed by atoms with Gasteiger partial charge in [-0.15, -0.1) is 24.0 Å². The van der Waals surface area contributed by atoms with Crippen LogP contribution in [0.5, 0.6) is 0 Å². The monoisotopic (exact) mass is 440 g/mol. The number of unbranched alkanes of at least 4 members (excludes halogenated alkanes) is 1. The molecule has 0 radical (unpaired) electrons. The van der Waals surface area contributed by atoms with E-state index in [0.29, 0.717) is 0 Å². The van der Waals surface area contributed by atoms with Crippen molar-refractivity contribution in [2.75, 3.05) is 46.4 Å². The van der Waals surface area contributed by atoms with Crippen LogP contribution in [0.25, 0.3) is 0 Å². The van der Waals surface area contributed by atoms with E-state index >= 15 is 0 Å². The summed E-state index contributed by atoms with van der Waals surface area (Å²) >= 11 is 0. The van der Waals surface area contributed by atoms with Gasteiger partial charge in [-0.2, -0.15) is 0 Å². The molecular formula is C17H37IN4O. The van der Waals surface area contributed by atoms with E-state index in [2.05, 4.69) is 34.5 Å². The Morgan fingerprint density at radius 3 is 2.57 bits per heavy atom. The number of guanidine groups is 1. The largest absolute Gasteiger partial charge is 0.382 e. The predicted octanol–water partition coefficient (Wildman–Crippen LogP) is 2.85. The number of nitrogens with zero attached hydrogens (tertiary/aromatic N) is 2. The molecule has 1 saturated carbocycles. The quantitative estimate of drug-likeness (QED) is 0.225. The maximum Gasteiger partial charge on any atom is 0.191 e.